The van der Waals surface area contributed by atoms with E-state index in [1.807, 2.05) is 55.5 Å². The van der Waals surface area contributed by atoms with Gasteiger partial charge in [-0.15, -0.1) is 0 Å². The van der Waals surface area contributed by atoms with Crippen LogP contribution < -0.4 is 10.6 Å². The summed E-state index contributed by atoms with van der Waals surface area (Å²) < 4.78 is 0. The fourth-order valence-electron chi connectivity index (χ4n) is 2.66. The first-order valence-electron chi connectivity index (χ1n) is 8.36. The molecule has 4 nitrogen and oxygen atoms in total. The molecular weight excluding hydrogens is 300 g/mol. The molecule has 4 heteroatoms. The van der Waals surface area contributed by atoms with Crippen LogP contribution in [-0.2, 0) is 0 Å². The van der Waals surface area contributed by atoms with E-state index in [9.17, 15) is 9.90 Å². The molecule has 0 fully saturated rings. The third-order valence-electron chi connectivity index (χ3n) is 4.05. The van der Waals surface area contributed by atoms with Crippen molar-refractivity contribution < 1.29 is 9.90 Å². The molecule has 24 heavy (non-hydrogen) atoms. The van der Waals surface area contributed by atoms with E-state index in [1.165, 1.54) is 0 Å². The lowest BCUT2D eigenvalue weighted by Crippen LogP contribution is -2.31. The van der Waals surface area contributed by atoms with Gasteiger partial charge >= 0.3 is 6.03 Å². The number of hydrogen-bond acceptors (Lipinski definition) is 2. The van der Waals surface area contributed by atoms with Crippen molar-refractivity contribution in [2.24, 2.45) is 0 Å². The maximum absolute atomic E-state index is 12.2. The average molecular weight is 326 g/mol. The first-order chi connectivity index (χ1) is 11.5. The zero-order valence-electron chi connectivity index (χ0n) is 14.5. The Morgan fingerprint density at radius 3 is 2.46 bits per heavy atom. The third-order valence-corrected chi connectivity index (χ3v) is 4.05. The molecule has 0 spiro atoms. The minimum atomic E-state index is -0.573. The number of aliphatic hydroxyl groups is 1. The first-order valence-corrected chi connectivity index (χ1v) is 8.36. The largest absolute Gasteiger partial charge is 0.388 e. The number of carbonyl (C=O) groups is 1. The van der Waals surface area contributed by atoms with Crippen LogP contribution in [0.1, 0.15) is 49.0 Å². The Kier molecular flexibility index (Phi) is 6.38. The van der Waals surface area contributed by atoms with Gasteiger partial charge < -0.3 is 15.7 Å². The molecular formula is C20H26N2O2. The number of hydrogen-bond donors (Lipinski definition) is 3. The molecule has 2 aromatic carbocycles. The van der Waals surface area contributed by atoms with Gasteiger partial charge in [0.25, 0.3) is 0 Å². The van der Waals surface area contributed by atoms with Crippen molar-refractivity contribution in [1.29, 1.82) is 0 Å². The van der Waals surface area contributed by atoms with Crippen molar-refractivity contribution in [3.63, 3.8) is 0 Å². The molecule has 0 aliphatic heterocycles. The van der Waals surface area contributed by atoms with E-state index in [0.29, 0.717) is 18.9 Å². The predicted molar refractivity (Wildman–Crippen MR) is 98.3 cm³/mol. The van der Waals surface area contributed by atoms with Crippen molar-refractivity contribution >= 4 is 11.7 Å². The van der Waals surface area contributed by atoms with Gasteiger partial charge in [0.2, 0.25) is 0 Å². The highest BCUT2D eigenvalue weighted by molar-refractivity contribution is 5.91. The highest BCUT2D eigenvalue weighted by atomic mass is 16.3. The number of aryl methyl sites for hydroxylation is 1. The van der Waals surface area contributed by atoms with Crippen LogP contribution in [0.3, 0.4) is 0 Å². The maximum Gasteiger partial charge on any atom is 0.319 e. The van der Waals surface area contributed by atoms with E-state index >= 15 is 0 Å². The summed E-state index contributed by atoms with van der Waals surface area (Å²) in [5.41, 5.74) is 3.89. The van der Waals surface area contributed by atoms with Gasteiger partial charge in [-0.3, -0.25) is 0 Å². The number of urea groups is 1. The van der Waals surface area contributed by atoms with Crippen molar-refractivity contribution in [1.82, 2.24) is 5.32 Å². The number of para-hydroxylation sites is 1. The van der Waals surface area contributed by atoms with Crippen LogP contribution >= 0.6 is 0 Å². The lowest BCUT2D eigenvalue weighted by molar-refractivity contribution is 0.167. The minimum Gasteiger partial charge on any atom is -0.388 e. The Bertz CT molecular complexity index is 669. The SMILES string of the molecule is Cc1cccc(C(C)C)c1NC(=O)NCCC(O)c1ccccc1. The van der Waals surface area contributed by atoms with Gasteiger partial charge in [-0.1, -0.05) is 62.4 Å². The number of rotatable bonds is 6. The molecule has 3 N–H and O–H groups in total. The van der Waals surface area contributed by atoms with E-state index < -0.39 is 6.10 Å². The topological polar surface area (TPSA) is 61.4 Å². The van der Waals surface area contributed by atoms with E-state index in [4.69, 9.17) is 0 Å². The van der Waals surface area contributed by atoms with E-state index in [2.05, 4.69) is 24.5 Å². The summed E-state index contributed by atoms with van der Waals surface area (Å²) in [7, 11) is 0. The Morgan fingerprint density at radius 2 is 1.79 bits per heavy atom. The number of nitrogens with one attached hydrogen (secondary N) is 2. The Hall–Kier alpha value is -2.33. The summed E-state index contributed by atoms with van der Waals surface area (Å²) in [6.45, 7) is 6.60. The summed E-state index contributed by atoms with van der Waals surface area (Å²) in [5.74, 6) is 0.333. The average Bonchev–Trinajstić information content (AvgIpc) is 2.57. The summed E-state index contributed by atoms with van der Waals surface area (Å²) in [6, 6.07) is 15.2. The molecule has 2 rings (SSSR count). The highest BCUT2D eigenvalue weighted by Gasteiger charge is 2.12. The zero-order valence-corrected chi connectivity index (χ0v) is 14.5. The lowest BCUT2D eigenvalue weighted by Gasteiger charge is -2.17. The molecule has 0 aliphatic rings. The molecule has 0 bridgehead atoms. The van der Waals surface area contributed by atoms with E-state index in [1.54, 1.807) is 0 Å². The number of anilines is 1. The fraction of sp³-hybridized carbons (Fsp3) is 0.350. The van der Waals surface area contributed by atoms with Crippen molar-refractivity contribution in [2.45, 2.75) is 39.2 Å². The number of amides is 2. The second kappa shape index (κ2) is 8.50. The summed E-state index contributed by atoms with van der Waals surface area (Å²) in [6.07, 6.45) is -0.0985. The molecule has 0 saturated carbocycles. The Balaban J connectivity index is 1.88. The standard InChI is InChI=1S/C20H26N2O2/c1-14(2)17-11-7-8-15(3)19(17)22-20(24)21-13-12-18(23)16-9-5-4-6-10-16/h4-11,14,18,23H,12-13H2,1-3H3,(H2,21,22,24). The molecule has 2 amide bonds. The molecule has 0 radical (unpaired) electrons. The van der Waals surface area contributed by atoms with Crippen molar-refractivity contribution in [3.05, 3.63) is 65.2 Å². The number of carbonyl (C=O) groups excluding carboxylic acids is 1. The normalized spacial score (nSPS) is 12.0. The van der Waals surface area contributed by atoms with Crippen molar-refractivity contribution in [3.8, 4) is 0 Å². The first kappa shape index (κ1) is 18.0. The summed E-state index contributed by atoms with van der Waals surface area (Å²) in [5, 5.41) is 15.9. The Labute approximate surface area is 143 Å². The third kappa shape index (κ3) is 4.83. The van der Waals surface area contributed by atoms with Crippen molar-refractivity contribution in [2.75, 3.05) is 11.9 Å². The van der Waals surface area contributed by atoms with Gasteiger partial charge in [0.05, 0.1) is 6.10 Å². The summed E-state index contributed by atoms with van der Waals surface area (Å²) in [4.78, 5) is 12.2. The predicted octanol–water partition coefficient (Wildman–Crippen LogP) is 4.36. The monoisotopic (exact) mass is 326 g/mol. The molecule has 0 heterocycles. The molecule has 1 atom stereocenters. The van der Waals surface area contributed by atoms with Crippen LogP contribution in [0.2, 0.25) is 0 Å². The number of aliphatic hydroxyl groups excluding tert-OH is 1. The molecule has 0 aromatic heterocycles. The highest BCUT2D eigenvalue weighted by Crippen LogP contribution is 2.27. The van der Waals surface area contributed by atoms with Gasteiger partial charge in [0.1, 0.15) is 0 Å². The molecule has 1 unspecified atom stereocenters. The minimum absolute atomic E-state index is 0.244. The smallest absolute Gasteiger partial charge is 0.319 e. The molecule has 128 valence electrons. The maximum atomic E-state index is 12.2. The van der Waals surface area contributed by atoms with Gasteiger partial charge in [0, 0.05) is 12.2 Å². The van der Waals surface area contributed by atoms with Gasteiger partial charge in [-0.25, -0.2) is 4.79 Å². The fourth-order valence-corrected chi connectivity index (χ4v) is 2.66. The van der Waals surface area contributed by atoms with Gasteiger partial charge in [-0.2, -0.15) is 0 Å². The lowest BCUT2D eigenvalue weighted by atomic mass is 9.98. The second-order valence-electron chi connectivity index (χ2n) is 6.29. The molecule has 0 aliphatic carbocycles. The van der Waals surface area contributed by atoms with Crippen LogP contribution in [0.15, 0.2) is 48.5 Å². The number of benzene rings is 2. The van der Waals surface area contributed by atoms with Crippen LogP contribution in [0, 0.1) is 6.92 Å². The van der Waals surface area contributed by atoms with Gasteiger partial charge in [-0.05, 0) is 36.0 Å². The quantitative estimate of drug-likeness (QED) is 0.738. The van der Waals surface area contributed by atoms with Gasteiger partial charge in [0.15, 0.2) is 0 Å². The molecule has 2 aromatic rings. The Morgan fingerprint density at radius 1 is 1.08 bits per heavy atom. The van der Waals surface area contributed by atoms with Crippen LogP contribution in [0.25, 0.3) is 0 Å². The van der Waals surface area contributed by atoms with Crippen LogP contribution in [0.5, 0.6) is 0 Å². The second-order valence-corrected chi connectivity index (χ2v) is 6.29. The van der Waals surface area contributed by atoms with Crippen LogP contribution in [0.4, 0.5) is 10.5 Å². The van der Waals surface area contributed by atoms with E-state index in [0.717, 1.165) is 22.4 Å². The zero-order chi connectivity index (χ0) is 17.5. The summed E-state index contributed by atoms with van der Waals surface area (Å²) >= 11 is 0. The van der Waals surface area contributed by atoms with Crippen LogP contribution in [-0.4, -0.2) is 17.7 Å². The van der Waals surface area contributed by atoms with E-state index in [-0.39, 0.29) is 6.03 Å². The molecule has 0 saturated heterocycles.